The largest absolute Gasteiger partial charge is 0.465 e. The Hall–Kier alpha value is -0.545. The first-order valence-corrected chi connectivity index (χ1v) is 5.68. The normalized spacial score (nSPS) is 28.6. The van der Waals surface area contributed by atoms with Crippen molar-refractivity contribution in [3.63, 3.8) is 0 Å². The van der Waals surface area contributed by atoms with Crippen LogP contribution in [0.25, 0.3) is 0 Å². The van der Waals surface area contributed by atoms with E-state index >= 15 is 0 Å². The molecule has 1 saturated heterocycles. The van der Waals surface area contributed by atoms with Crippen molar-refractivity contribution in [1.29, 1.82) is 0 Å². The lowest BCUT2D eigenvalue weighted by Gasteiger charge is -2.19. The second-order valence-corrected chi connectivity index (χ2v) is 4.17. The molecule has 0 aromatic carbocycles. The molecule has 1 aliphatic heterocycles. The molecule has 0 amide bonds. The van der Waals surface area contributed by atoms with Gasteiger partial charge in [0.15, 0.2) is 0 Å². The number of carbonyl (C=O) groups is 1. The maximum atomic E-state index is 11.0. The van der Waals surface area contributed by atoms with Gasteiger partial charge in [0, 0.05) is 5.92 Å². The second kappa shape index (κ2) is 6.13. The van der Waals surface area contributed by atoms with Gasteiger partial charge in [-0.15, -0.1) is 0 Å². The Kier molecular flexibility index (Phi) is 5.12. The average Bonchev–Trinajstić information content (AvgIpc) is 2.62. The molecule has 2 atom stereocenters. The predicted octanol–water partition coefficient (Wildman–Crippen LogP) is 0.829. The Morgan fingerprint density at radius 1 is 1.40 bits per heavy atom. The third-order valence-electron chi connectivity index (χ3n) is 3.02. The summed E-state index contributed by atoms with van der Waals surface area (Å²) >= 11 is 0. The van der Waals surface area contributed by atoms with E-state index in [0.717, 1.165) is 6.42 Å². The van der Waals surface area contributed by atoms with Gasteiger partial charge in [-0.25, -0.2) is 0 Å². The van der Waals surface area contributed by atoms with E-state index in [0.29, 0.717) is 18.8 Å². The number of esters is 1. The van der Waals surface area contributed by atoms with Gasteiger partial charge in [-0.05, 0) is 19.2 Å². The topological polar surface area (TPSA) is 66.8 Å². The van der Waals surface area contributed by atoms with E-state index in [2.05, 4.69) is 0 Å². The molecule has 2 fully saturated rings. The monoisotopic (exact) mass is 214 g/mol. The zero-order chi connectivity index (χ0) is 11.3. The first-order chi connectivity index (χ1) is 7.15. The summed E-state index contributed by atoms with van der Waals surface area (Å²) in [6.45, 7) is 2.40. The van der Waals surface area contributed by atoms with E-state index in [9.17, 15) is 4.79 Å². The van der Waals surface area contributed by atoms with Gasteiger partial charge >= 0.3 is 13.1 Å². The summed E-state index contributed by atoms with van der Waals surface area (Å²) < 4.78 is 4.96. The highest BCUT2D eigenvalue weighted by Crippen LogP contribution is 2.35. The lowest BCUT2D eigenvalue weighted by Crippen LogP contribution is -2.19. The Morgan fingerprint density at radius 2 is 2.00 bits per heavy atom. The predicted molar refractivity (Wildman–Crippen MR) is 57.1 cm³/mol. The molecule has 2 N–H and O–H groups in total. The molecule has 15 heavy (non-hydrogen) atoms. The van der Waals surface area contributed by atoms with Crippen LogP contribution in [0.2, 0.25) is 6.32 Å². The fourth-order valence-corrected chi connectivity index (χ4v) is 2.01. The van der Waals surface area contributed by atoms with Gasteiger partial charge in [0.05, 0.1) is 12.5 Å². The number of ether oxygens (including phenoxy) is 1. The number of fused-ring (bicyclic) bond motifs is 1. The molecule has 4 nitrogen and oxygen atoms in total. The number of cyclic esters (lactones) is 1. The molecule has 0 spiro atoms. The minimum atomic E-state index is -1.12. The highest BCUT2D eigenvalue weighted by atomic mass is 16.5. The first kappa shape index (κ1) is 12.5. The van der Waals surface area contributed by atoms with E-state index in [1.807, 2.05) is 0 Å². The highest BCUT2D eigenvalue weighted by Gasteiger charge is 2.37. The summed E-state index contributed by atoms with van der Waals surface area (Å²) in [5.74, 6) is 0.903. The summed E-state index contributed by atoms with van der Waals surface area (Å²) in [5, 5.41) is 15.8. The number of rotatable bonds is 1. The molecule has 0 aromatic heterocycles. The van der Waals surface area contributed by atoms with E-state index in [4.69, 9.17) is 14.8 Å². The summed E-state index contributed by atoms with van der Waals surface area (Å²) in [6.07, 6.45) is 5.20. The van der Waals surface area contributed by atoms with Crippen LogP contribution in [0, 0.1) is 11.8 Å². The Bertz CT molecular complexity index is 208. The van der Waals surface area contributed by atoms with Crippen LogP contribution in [-0.2, 0) is 9.53 Å². The lowest BCUT2D eigenvalue weighted by atomic mass is 9.81. The fraction of sp³-hybridized carbons (Fsp3) is 0.900. The number of carbonyl (C=O) groups excluding carboxylic acids is 1. The summed E-state index contributed by atoms with van der Waals surface area (Å²) in [5.41, 5.74) is 0. The Balaban J connectivity index is 0.000000195. The molecule has 1 saturated carbocycles. The fourth-order valence-electron chi connectivity index (χ4n) is 2.01. The average molecular weight is 214 g/mol. The highest BCUT2D eigenvalue weighted by molar-refractivity contribution is 6.40. The van der Waals surface area contributed by atoms with E-state index in [-0.39, 0.29) is 11.9 Å². The molecule has 2 aliphatic rings. The molecular weight excluding hydrogens is 195 g/mol. The zero-order valence-corrected chi connectivity index (χ0v) is 9.19. The van der Waals surface area contributed by atoms with Gasteiger partial charge in [-0.1, -0.05) is 19.8 Å². The second-order valence-electron chi connectivity index (χ2n) is 4.17. The standard InChI is InChI=1S/C8H12O2.C2H7BO2/c9-8-7-4-2-1-3-6(7)5-10-8;1-2-3(4)5/h6-7H,1-5H2;4-5H,2H2,1H3. The lowest BCUT2D eigenvalue weighted by molar-refractivity contribution is -0.141. The van der Waals surface area contributed by atoms with Crippen molar-refractivity contribution in [3.8, 4) is 0 Å². The van der Waals surface area contributed by atoms with E-state index < -0.39 is 7.12 Å². The number of hydrogen-bond donors (Lipinski definition) is 2. The van der Waals surface area contributed by atoms with Crippen LogP contribution in [0.5, 0.6) is 0 Å². The summed E-state index contributed by atoms with van der Waals surface area (Å²) in [4.78, 5) is 11.0. The van der Waals surface area contributed by atoms with E-state index in [1.54, 1.807) is 6.92 Å². The molecule has 86 valence electrons. The van der Waals surface area contributed by atoms with Crippen LogP contribution in [0.1, 0.15) is 32.6 Å². The van der Waals surface area contributed by atoms with Gasteiger partial charge in [0.25, 0.3) is 0 Å². The third kappa shape index (κ3) is 3.84. The molecule has 5 heteroatoms. The van der Waals surface area contributed by atoms with Crippen molar-refractivity contribution >= 4 is 13.1 Å². The molecule has 1 aliphatic carbocycles. The van der Waals surface area contributed by atoms with Gasteiger partial charge in [0.1, 0.15) is 0 Å². The maximum absolute atomic E-state index is 11.0. The van der Waals surface area contributed by atoms with Crippen molar-refractivity contribution in [2.75, 3.05) is 6.61 Å². The molecule has 0 radical (unpaired) electrons. The van der Waals surface area contributed by atoms with Crippen LogP contribution in [0.15, 0.2) is 0 Å². The van der Waals surface area contributed by atoms with Crippen molar-refractivity contribution < 1.29 is 19.6 Å². The number of hydrogen-bond acceptors (Lipinski definition) is 4. The Morgan fingerprint density at radius 3 is 2.53 bits per heavy atom. The molecule has 1 heterocycles. The Labute approximate surface area is 90.8 Å². The van der Waals surface area contributed by atoms with Crippen LogP contribution in [0.4, 0.5) is 0 Å². The first-order valence-electron chi connectivity index (χ1n) is 5.68. The van der Waals surface area contributed by atoms with Crippen molar-refractivity contribution in [2.24, 2.45) is 11.8 Å². The quantitative estimate of drug-likeness (QED) is 0.501. The van der Waals surface area contributed by atoms with Crippen LogP contribution < -0.4 is 0 Å². The minimum absolute atomic E-state index is 0.0599. The molecule has 2 rings (SSSR count). The van der Waals surface area contributed by atoms with Crippen molar-refractivity contribution in [1.82, 2.24) is 0 Å². The van der Waals surface area contributed by atoms with Crippen LogP contribution in [0.3, 0.4) is 0 Å². The molecule has 0 aromatic rings. The third-order valence-corrected chi connectivity index (χ3v) is 3.02. The maximum Gasteiger partial charge on any atom is 0.451 e. The SMILES string of the molecule is CCB(O)O.O=C1OCC2CCCCC12. The van der Waals surface area contributed by atoms with Crippen molar-refractivity contribution in [2.45, 2.75) is 38.9 Å². The summed E-state index contributed by atoms with van der Waals surface area (Å²) in [7, 11) is -1.12. The zero-order valence-electron chi connectivity index (χ0n) is 9.19. The minimum Gasteiger partial charge on any atom is -0.465 e. The van der Waals surface area contributed by atoms with Gasteiger partial charge in [0.2, 0.25) is 0 Å². The van der Waals surface area contributed by atoms with E-state index in [1.165, 1.54) is 19.3 Å². The van der Waals surface area contributed by atoms with Crippen LogP contribution >= 0.6 is 0 Å². The van der Waals surface area contributed by atoms with Gasteiger partial charge in [-0.2, -0.15) is 0 Å². The van der Waals surface area contributed by atoms with Crippen LogP contribution in [-0.4, -0.2) is 29.7 Å². The van der Waals surface area contributed by atoms with Gasteiger partial charge in [-0.3, -0.25) is 4.79 Å². The smallest absolute Gasteiger partial charge is 0.451 e. The molecule has 2 unspecified atom stereocenters. The molecular formula is C10H19BO4. The molecule has 0 bridgehead atoms. The van der Waals surface area contributed by atoms with Crippen molar-refractivity contribution in [3.05, 3.63) is 0 Å². The summed E-state index contributed by atoms with van der Waals surface area (Å²) in [6, 6.07) is 0. The van der Waals surface area contributed by atoms with Gasteiger partial charge < -0.3 is 14.8 Å².